The van der Waals surface area contributed by atoms with E-state index in [1.165, 1.54) is 11.3 Å². The largest absolute Gasteiger partial charge is 0.328 e. The molecule has 2 heterocycles. The van der Waals surface area contributed by atoms with Gasteiger partial charge in [-0.05, 0) is 42.9 Å². The van der Waals surface area contributed by atoms with Gasteiger partial charge in [0.05, 0.1) is 4.88 Å². The fraction of sp³-hybridized carbons (Fsp3) is 0.400. The van der Waals surface area contributed by atoms with Crippen LogP contribution in [0.2, 0.25) is 0 Å². The molecule has 0 radical (unpaired) electrons. The highest BCUT2D eigenvalue weighted by atomic mass is 32.1. The molecule has 21 heavy (non-hydrogen) atoms. The molecule has 3 rings (SSSR count). The predicted molar refractivity (Wildman–Crippen MR) is 86.0 cm³/mol. The van der Waals surface area contributed by atoms with Crippen molar-refractivity contribution in [3.05, 3.63) is 34.7 Å². The Kier molecular flexibility index (Phi) is 4.21. The number of benzene rings is 1. The van der Waals surface area contributed by atoms with Crippen LogP contribution in [0, 0.1) is 0 Å². The van der Waals surface area contributed by atoms with Crippen LogP contribution in [0.4, 0.5) is 0 Å². The highest BCUT2D eigenvalue weighted by Gasteiger charge is 2.22. The van der Waals surface area contributed by atoms with E-state index in [4.69, 9.17) is 11.6 Å². The number of carbonyl (C=O) groups excluding carboxylic acids is 1. The van der Waals surface area contributed by atoms with E-state index in [9.17, 15) is 4.79 Å². The normalized spacial score (nSPS) is 17.2. The number of hydrogen-bond donors (Lipinski definition) is 3. The van der Waals surface area contributed by atoms with Crippen LogP contribution in [0.3, 0.4) is 0 Å². The molecule has 2 aromatic rings. The molecular formula is C15H20N4OS. The molecule has 6 heteroatoms. The summed E-state index contributed by atoms with van der Waals surface area (Å²) in [5, 5.41) is 1.15. The number of likely N-dealkylation sites (tertiary alicyclic amines) is 1. The summed E-state index contributed by atoms with van der Waals surface area (Å²) < 4.78 is 1.12. The Hall–Kier alpha value is -1.47. The number of nitrogens with zero attached hydrogens (tertiary/aromatic N) is 1. The van der Waals surface area contributed by atoms with Gasteiger partial charge >= 0.3 is 0 Å². The van der Waals surface area contributed by atoms with Crippen molar-refractivity contribution in [3.63, 3.8) is 0 Å². The molecule has 1 fully saturated rings. The number of nitrogens with one attached hydrogen (secondary N) is 1. The van der Waals surface area contributed by atoms with Crippen LogP contribution in [0.15, 0.2) is 24.3 Å². The highest BCUT2D eigenvalue weighted by Crippen LogP contribution is 2.32. The number of hydrazine groups is 1. The number of hydrogen-bond acceptors (Lipinski definition) is 5. The highest BCUT2D eigenvalue weighted by molar-refractivity contribution is 7.21. The first-order valence-corrected chi connectivity index (χ1v) is 8.00. The average molecular weight is 304 g/mol. The van der Waals surface area contributed by atoms with Crippen molar-refractivity contribution in [1.82, 2.24) is 10.3 Å². The van der Waals surface area contributed by atoms with Crippen LogP contribution in [0.1, 0.15) is 28.1 Å². The van der Waals surface area contributed by atoms with Crippen LogP contribution >= 0.6 is 11.3 Å². The second-order valence-corrected chi connectivity index (χ2v) is 6.55. The number of fused-ring (bicyclic) bond motifs is 1. The van der Waals surface area contributed by atoms with Gasteiger partial charge in [-0.25, -0.2) is 5.84 Å². The van der Waals surface area contributed by atoms with Crippen molar-refractivity contribution in [1.29, 1.82) is 0 Å². The quantitative estimate of drug-likeness (QED) is 0.455. The molecule has 5 N–H and O–H groups in total. The number of rotatable bonds is 3. The summed E-state index contributed by atoms with van der Waals surface area (Å²) in [5.74, 6) is 5.11. The first-order chi connectivity index (χ1) is 10.2. The third kappa shape index (κ3) is 2.94. The summed E-state index contributed by atoms with van der Waals surface area (Å²) in [6.07, 6.45) is 2.03. The van der Waals surface area contributed by atoms with Gasteiger partial charge in [0.25, 0.3) is 5.91 Å². The van der Waals surface area contributed by atoms with Crippen LogP contribution in [0.5, 0.6) is 0 Å². The van der Waals surface area contributed by atoms with E-state index in [-0.39, 0.29) is 5.91 Å². The topological polar surface area (TPSA) is 84.4 Å². The number of piperidine rings is 1. The van der Waals surface area contributed by atoms with E-state index in [0.717, 1.165) is 48.1 Å². The summed E-state index contributed by atoms with van der Waals surface area (Å²) in [7, 11) is 0. The SMILES string of the molecule is NNC(=O)c1sc2ccccc2c1CN1CCC(N)CC1. The minimum absolute atomic E-state index is 0.208. The van der Waals surface area contributed by atoms with Gasteiger partial charge in [-0.3, -0.25) is 15.1 Å². The van der Waals surface area contributed by atoms with Crippen LogP contribution < -0.4 is 17.0 Å². The summed E-state index contributed by atoms with van der Waals surface area (Å²) in [6, 6.07) is 8.43. The second-order valence-electron chi connectivity index (χ2n) is 5.49. The molecule has 112 valence electrons. The maximum Gasteiger partial charge on any atom is 0.275 e. The van der Waals surface area contributed by atoms with Gasteiger partial charge < -0.3 is 5.73 Å². The Bertz CT molecular complexity index is 646. The lowest BCUT2D eigenvalue weighted by atomic mass is 10.0. The minimum Gasteiger partial charge on any atom is -0.328 e. The lowest BCUT2D eigenvalue weighted by Crippen LogP contribution is -2.39. The second kappa shape index (κ2) is 6.11. The Morgan fingerprint density at radius 3 is 2.76 bits per heavy atom. The fourth-order valence-electron chi connectivity index (χ4n) is 2.84. The molecule has 0 spiro atoms. The first kappa shape index (κ1) is 14.5. The zero-order chi connectivity index (χ0) is 14.8. The molecule has 1 aromatic heterocycles. The van der Waals surface area contributed by atoms with E-state index in [2.05, 4.69) is 16.4 Å². The molecule has 0 saturated carbocycles. The summed E-state index contributed by atoms with van der Waals surface area (Å²) in [5.41, 5.74) is 9.29. The molecule has 0 bridgehead atoms. The zero-order valence-corrected chi connectivity index (χ0v) is 12.7. The molecule has 1 aromatic carbocycles. The molecule has 1 aliphatic heterocycles. The number of thiophene rings is 1. The Balaban J connectivity index is 1.93. The maximum atomic E-state index is 12.0. The van der Waals surface area contributed by atoms with E-state index in [1.54, 1.807) is 0 Å². The average Bonchev–Trinajstić information content (AvgIpc) is 2.88. The maximum absolute atomic E-state index is 12.0. The van der Waals surface area contributed by atoms with Gasteiger partial charge in [0.1, 0.15) is 0 Å². The first-order valence-electron chi connectivity index (χ1n) is 7.18. The van der Waals surface area contributed by atoms with Gasteiger partial charge in [-0.2, -0.15) is 0 Å². The van der Waals surface area contributed by atoms with Crippen molar-refractivity contribution in [3.8, 4) is 0 Å². The summed E-state index contributed by atoms with van der Waals surface area (Å²) in [6.45, 7) is 2.74. The molecule has 1 saturated heterocycles. The van der Waals surface area contributed by atoms with Crippen molar-refractivity contribution in [2.75, 3.05) is 13.1 Å². The zero-order valence-electron chi connectivity index (χ0n) is 11.8. The van der Waals surface area contributed by atoms with E-state index >= 15 is 0 Å². The Labute approximate surface area is 127 Å². The Morgan fingerprint density at radius 2 is 2.05 bits per heavy atom. The van der Waals surface area contributed by atoms with Crippen LogP contribution in [-0.2, 0) is 6.54 Å². The Morgan fingerprint density at radius 1 is 1.33 bits per heavy atom. The third-order valence-corrected chi connectivity index (χ3v) is 5.26. The molecule has 0 atom stereocenters. The smallest absolute Gasteiger partial charge is 0.275 e. The third-order valence-electron chi connectivity index (χ3n) is 4.05. The molecule has 0 unspecified atom stereocenters. The standard InChI is InChI=1S/C15H20N4OS/c16-10-5-7-19(8-6-10)9-12-11-3-1-2-4-13(11)21-14(12)15(20)18-17/h1-4,10H,5-9,16-17H2,(H,18,20). The number of nitrogens with two attached hydrogens (primary N) is 2. The molecule has 1 aliphatic rings. The van der Waals surface area contributed by atoms with Gasteiger partial charge in [0, 0.05) is 17.3 Å². The minimum atomic E-state index is -0.208. The number of nitrogen functional groups attached to an aromatic ring is 1. The van der Waals surface area contributed by atoms with E-state index in [0.29, 0.717) is 10.9 Å². The van der Waals surface area contributed by atoms with Gasteiger partial charge in [0.15, 0.2) is 0 Å². The number of carbonyl (C=O) groups is 1. The lowest BCUT2D eigenvalue weighted by molar-refractivity contribution is 0.0955. The molecule has 5 nitrogen and oxygen atoms in total. The predicted octanol–water partition coefficient (Wildman–Crippen LogP) is 1.43. The van der Waals surface area contributed by atoms with E-state index in [1.807, 2.05) is 18.2 Å². The summed E-state index contributed by atoms with van der Waals surface area (Å²) >= 11 is 1.50. The van der Waals surface area contributed by atoms with Gasteiger partial charge in [-0.15, -0.1) is 11.3 Å². The van der Waals surface area contributed by atoms with E-state index < -0.39 is 0 Å². The van der Waals surface area contributed by atoms with Crippen molar-refractivity contribution in [2.24, 2.45) is 11.6 Å². The van der Waals surface area contributed by atoms with Crippen molar-refractivity contribution in [2.45, 2.75) is 25.4 Å². The monoisotopic (exact) mass is 304 g/mol. The van der Waals surface area contributed by atoms with Gasteiger partial charge in [0.2, 0.25) is 0 Å². The van der Waals surface area contributed by atoms with Crippen molar-refractivity contribution < 1.29 is 4.79 Å². The molecule has 0 aliphatic carbocycles. The molecular weight excluding hydrogens is 284 g/mol. The number of amides is 1. The van der Waals surface area contributed by atoms with Crippen molar-refractivity contribution >= 4 is 27.3 Å². The van der Waals surface area contributed by atoms with Crippen LogP contribution in [-0.4, -0.2) is 29.9 Å². The summed E-state index contributed by atoms with van der Waals surface area (Å²) in [4.78, 5) is 15.1. The van der Waals surface area contributed by atoms with Crippen LogP contribution in [0.25, 0.3) is 10.1 Å². The lowest BCUT2D eigenvalue weighted by Gasteiger charge is -2.30. The molecule has 1 amide bonds. The fourth-order valence-corrected chi connectivity index (χ4v) is 3.96. The van der Waals surface area contributed by atoms with Gasteiger partial charge in [-0.1, -0.05) is 18.2 Å².